The number of anilines is 1. The summed E-state index contributed by atoms with van der Waals surface area (Å²) in [6.45, 7) is 5.47. The number of hydrogen-bond acceptors (Lipinski definition) is 5. The highest BCUT2D eigenvalue weighted by Crippen LogP contribution is 2.27. The minimum atomic E-state index is 0.318. The van der Waals surface area contributed by atoms with Crippen LogP contribution < -0.4 is 10.1 Å². The van der Waals surface area contributed by atoms with Gasteiger partial charge in [0.25, 0.3) is 0 Å². The molecule has 7 heteroatoms. The van der Waals surface area contributed by atoms with Gasteiger partial charge in [0.2, 0.25) is 11.8 Å². The largest absolute Gasteiger partial charge is 0.434 e. The second-order valence-corrected chi connectivity index (χ2v) is 3.92. The molecule has 2 aromatic heterocycles. The molecule has 0 saturated carbocycles. The number of rotatable bonds is 5. The molecule has 6 nitrogen and oxygen atoms in total. The number of aryl methyl sites for hydroxylation is 1. The van der Waals surface area contributed by atoms with Crippen LogP contribution in [0.1, 0.15) is 13.8 Å². The first kappa shape index (κ1) is 12.6. The molecule has 18 heavy (non-hydrogen) atoms. The van der Waals surface area contributed by atoms with E-state index < -0.39 is 0 Å². The van der Waals surface area contributed by atoms with E-state index in [0.29, 0.717) is 22.6 Å². The van der Waals surface area contributed by atoms with Gasteiger partial charge in [-0.1, -0.05) is 11.6 Å². The molecular formula is C11H14ClN5O. The Morgan fingerprint density at radius 1 is 1.39 bits per heavy atom. The van der Waals surface area contributed by atoms with E-state index in [0.717, 1.165) is 13.1 Å². The smallest absolute Gasteiger partial charge is 0.243 e. The van der Waals surface area contributed by atoms with E-state index in [-0.39, 0.29) is 0 Å². The summed E-state index contributed by atoms with van der Waals surface area (Å²) in [6, 6.07) is 0. The third-order valence-corrected chi connectivity index (χ3v) is 2.45. The maximum Gasteiger partial charge on any atom is 0.243 e. The fourth-order valence-corrected chi connectivity index (χ4v) is 1.48. The van der Waals surface area contributed by atoms with Gasteiger partial charge in [0.05, 0.1) is 18.6 Å². The second kappa shape index (κ2) is 5.68. The number of nitrogens with zero attached hydrogens (tertiary/aromatic N) is 4. The highest BCUT2D eigenvalue weighted by atomic mass is 35.5. The van der Waals surface area contributed by atoms with Crippen molar-refractivity contribution in [3.63, 3.8) is 0 Å². The Morgan fingerprint density at radius 2 is 2.22 bits per heavy atom. The molecule has 0 atom stereocenters. The SMILES string of the molecule is CCNc1ncc(Cl)c(Oc2cnn(CC)c2)n1. The Labute approximate surface area is 110 Å². The van der Waals surface area contributed by atoms with Gasteiger partial charge >= 0.3 is 0 Å². The highest BCUT2D eigenvalue weighted by molar-refractivity contribution is 6.31. The lowest BCUT2D eigenvalue weighted by molar-refractivity contribution is 0.461. The molecule has 2 heterocycles. The van der Waals surface area contributed by atoms with Crippen LogP contribution in [0.2, 0.25) is 5.02 Å². The molecule has 96 valence electrons. The van der Waals surface area contributed by atoms with Crippen LogP contribution in [0.5, 0.6) is 11.6 Å². The normalized spacial score (nSPS) is 10.4. The summed E-state index contributed by atoms with van der Waals surface area (Å²) in [6.07, 6.45) is 4.91. The van der Waals surface area contributed by atoms with Crippen LogP contribution in [0.15, 0.2) is 18.6 Å². The van der Waals surface area contributed by atoms with Crippen molar-refractivity contribution in [2.24, 2.45) is 0 Å². The molecule has 0 amide bonds. The van der Waals surface area contributed by atoms with Gasteiger partial charge in [-0.25, -0.2) is 4.98 Å². The van der Waals surface area contributed by atoms with Gasteiger partial charge in [0.15, 0.2) is 5.75 Å². The molecule has 1 N–H and O–H groups in total. The van der Waals surface area contributed by atoms with Gasteiger partial charge in [-0.15, -0.1) is 0 Å². The van der Waals surface area contributed by atoms with Crippen molar-refractivity contribution in [2.75, 3.05) is 11.9 Å². The maximum absolute atomic E-state index is 5.98. The molecule has 0 bridgehead atoms. The molecule has 2 aromatic rings. The summed E-state index contributed by atoms with van der Waals surface area (Å²) < 4.78 is 7.33. The fraction of sp³-hybridized carbons (Fsp3) is 0.364. The van der Waals surface area contributed by atoms with Crippen molar-refractivity contribution >= 4 is 17.5 Å². The van der Waals surface area contributed by atoms with E-state index >= 15 is 0 Å². The molecule has 0 saturated heterocycles. The van der Waals surface area contributed by atoms with E-state index in [1.165, 1.54) is 6.20 Å². The van der Waals surface area contributed by atoms with Crippen molar-refractivity contribution in [3.05, 3.63) is 23.6 Å². The molecular weight excluding hydrogens is 254 g/mol. The Kier molecular flexibility index (Phi) is 3.99. The van der Waals surface area contributed by atoms with Gasteiger partial charge in [-0.2, -0.15) is 10.1 Å². The zero-order valence-corrected chi connectivity index (χ0v) is 11.0. The van der Waals surface area contributed by atoms with E-state index in [9.17, 15) is 0 Å². The topological polar surface area (TPSA) is 64.9 Å². The molecule has 0 fully saturated rings. The summed E-state index contributed by atoms with van der Waals surface area (Å²) in [5.41, 5.74) is 0. The summed E-state index contributed by atoms with van der Waals surface area (Å²) in [5.74, 6) is 1.40. The Bertz CT molecular complexity index is 528. The second-order valence-electron chi connectivity index (χ2n) is 3.51. The van der Waals surface area contributed by atoms with E-state index in [4.69, 9.17) is 16.3 Å². The lowest BCUT2D eigenvalue weighted by atomic mass is 10.6. The fourth-order valence-electron chi connectivity index (χ4n) is 1.35. The Hall–Kier alpha value is -1.82. The molecule has 2 rings (SSSR count). The number of hydrogen-bond donors (Lipinski definition) is 1. The quantitative estimate of drug-likeness (QED) is 0.902. The van der Waals surface area contributed by atoms with Gasteiger partial charge in [0.1, 0.15) is 5.02 Å². The first-order valence-electron chi connectivity index (χ1n) is 5.69. The minimum Gasteiger partial charge on any atom is -0.434 e. The first-order chi connectivity index (χ1) is 8.72. The summed E-state index contributed by atoms with van der Waals surface area (Å²) in [5, 5.41) is 7.47. The van der Waals surface area contributed by atoms with Crippen LogP contribution in [0.3, 0.4) is 0 Å². The minimum absolute atomic E-state index is 0.318. The predicted octanol–water partition coefficient (Wildman–Crippen LogP) is 2.57. The average Bonchev–Trinajstić information content (AvgIpc) is 2.81. The molecule has 0 aliphatic carbocycles. The highest BCUT2D eigenvalue weighted by Gasteiger charge is 2.08. The third-order valence-electron chi connectivity index (χ3n) is 2.19. The van der Waals surface area contributed by atoms with Gasteiger partial charge in [0, 0.05) is 13.1 Å². The molecule has 0 radical (unpaired) electrons. The summed E-state index contributed by atoms with van der Waals surface area (Å²) in [7, 11) is 0. The van der Waals surface area contributed by atoms with Crippen LogP contribution in [-0.2, 0) is 6.54 Å². The van der Waals surface area contributed by atoms with Crippen LogP contribution in [0.4, 0.5) is 5.95 Å². The number of halogens is 1. The van der Waals surface area contributed by atoms with Crippen molar-refractivity contribution < 1.29 is 4.74 Å². The van der Waals surface area contributed by atoms with E-state index in [1.54, 1.807) is 17.1 Å². The molecule has 0 aliphatic heterocycles. The third kappa shape index (κ3) is 2.89. The lowest BCUT2D eigenvalue weighted by Gasteiger charge is -2.06. The average molecular weight is 268 g/mol. The van der Waals surface area contributed by atoms with Gasteiger partial charge < -0.3 is 10.1 Å². The zero-order chi connectivity index (χ0) is 13.0. The number of ether oxygens (including phenoxy) is 1. The van der Waals surface area contributed by atoms with Crippen LogP contribution >= 0.6 is 11.6 Å². The Balaban J connectivity index is 2.19. The first-order valence-corrected chi connectivity index (χ1v) is 6.07. The summed E-state index contributed by atoms with van der Waals surface area (Å²) >= 11 is 5.98. The van der Waals surface area contributed by atoms with Crippen molar-refractivity contribution in [2.45, 2.75) is 20.4 Å². The van der Waals surface area contributed by atoms with Crippen LogP contribution in [0, 0.1) is 0 Å². The molecule has 0 unspecified atom stereocenters. The van der Waals surface area contributed by atoms with Crippen molar-refractivity contribution in [3.8, 4) is 11.6 Å². The van der Waals surface area contributed by atoms with Crippen LogP contribution in [-0.4, -0.2) is 26.3 Å². The number of aromatic nitrogens is 4. The maximum atomic E-state index is 5.98. The predicted molar refractivity (Wildman–Crippen MR) is 69.2 cm³/mol. The van der Waals surface area contributed by atoms with E-state index in [1.807, 2.05) is 13.8 Å². The standard InChI is InChI=1S/C11H14ClN5O/c1-3-13-11-14-6-9(12)10(16-11)18-8-5-15-17(4-2)7-8/h5-7H,3-4H2,1-2H3,(H,13,14,16). The van der Waals surface area contributed by atoms with Gasteiger partial charge in [-0.05, 0) is 13.8 Å². The monoisotopic (exact) mass is 267 g/mol. The number of nitrogens with one attached hydrogen (secondary N) is 1. The van der Waals surface area contributed by atoms with Gasteiger partial charge in [-0.3, -0.25) is 4.68 Å². The van der Waals surface area contributed by atoms with Crippen LogP contribution in [0.25, 0.3) is 0 Å². The molecule has 0 aromatic carbocycles. The van der Waals surface area contributed by atoms with E-state index in [2.05, 4.69) is 20.4 Å². The van der Waals surface area contributed by atoms with Crippen molar-refractivity contribution in [1.29, 1.82) is 0 Å². The Morgan fingerprint density at radius 3 is 2.89 bits per heavy atom. The lowest BCUT2D eigenvalue weighted by Crippen LogP contribution is -2.02. The zero-order valence-electron chi connectivity index (χ0n) is 10.2. The molecule has 0 spiro atoms. The van der Waals surface area contributed by atoms with Crippen molar-refractivity contribution in [1.82, 2.24) is 19.7 Å². The molecule has 0 aliphatic rings. The summed E-state index contributed by atoms with van der Waals surface area (Å²) in [4.78, 5) is 8.22.